The van der Waals surface area contributed by atoms with Crippen molar-refractivity contribution in [2.45, 2.75) is 63.9 Å². The summed E-state index contributed by atoms with van der Waals surface area (Å²) < 4.78 is 2.06. The van der Waals surface area contributed by atoms with Gasteiger partial charge in [0.25, 0.3) is 0 Å². The van der Waals surface area contributed by atoms with E-state index >= 15 is 0 Å². The molecule has 3 aromatic rings. The van der Waals surface area contributed by atoms with E-state index in [1.165, 1.54) is 16.7 Å². The predicted octanol–water partition coefficient (Wildman–Crippen LogP) is 5.54. The van der Waals surface area contributed by atoms with Gasteiger partial charge < -0.3 is 5.32 Å². The molecule has 1 atom stereocenters. The van der Waals surface area contributed by atoms with Crippen molar-refractivity contribution in [2.24, 2.45) is 0 Å². The van der Waals surface area contributed by atoms with Gasteiger partial charge in [-0.3, -0.25) is 9.36 Å². The minimum Gasteiger partial charge on any atom is -0.346 e. The van der Waals surface area contributed by atoms with E-state index in [0.29, 0.717) is 6.42 Å². The molecule has 5 nitrogen and oxygen atoms in total. The highest BCUT2D eigenvalue weighted by Crippen LogP contribution is 2.28. The van der Waals surface area contributed by atoms with Crippen molar-refractivity contribution in [1.29, 1.82) is 0 Å². The van der Waals surface area contributed by atoms with Gasteiger partial charge in [-0.2, -0.15) is 0 Å². The number of nitrogens with zero attached hydrogens (tertiary/aromatic N) is 3. The average molecular weight is 423 g/mol. The first kappa shape index (κ1) is 22.1. The summed E-state index contributed by atoms with van der Waals surface area (Å²) in [5.41, 5.74) is 4.70. The molecule has 0 aliphatic rings. The Kier molecular flexibility index (Phi) is 7.69. The number of aromatic nitrogens is 3. The van der Waals surface area contributed by atoms with Crippen LogP contribution in [-0.4, -0.2) is 20.7 Å². The summed E-state index contributed by atoms with van der Waals surface area (Å²) in [5, 5.41) is 12.8. The third-order valence-corrected chi connectivity index (χ3v) is 5.92. The smallest absolute Gasteiger partial charge is 0.220 e. The summed E-state index contributed by atoms with van der Waals surface area (Å²) >= 11 is 1.66. The largest absolute Gasteiger partial charge is 0.346 e. The molecule has 3 rings (SSSR count). The van der Waals surface area contributed by atoms with E-state index in [4.69, 9.17) is 0 Å². The minimum absolute atomic E-state index is 0.0526. The molecule has 0 saturated carbocycles. The van der Waals surface area contributed by atoms with Crippen LogP contribution >= 0.6 is 11.8 Å². The van der Waals surface area contributed by atoms with Crippen molar-refractivity contribution in [3.63, 3.8) is 0 Å². The maximum atomic E-state index is 12.3. The summed E-state index contributed by atoms with van der Waals surface area (Å²) in [6, 6.07) is 16.6. The fourth-order valence-corrected chi connectivity index (χ4v) is 4.16. The Labute approximate surface area is 183 Å². The average Bonchev–Trinajstić information content (AvgIpc) is 3.15. The fourth-order valence-electron chi connectivity index (χ4n) is 3.26. The molecule has 0 saturated heterocycles. The second-order valence-corrected chi connectivity index (χ2v) is 8.62. The van der Waals surface area contributed by atoms with Gasteiger partial charge in [-0.05, 0) is 44.9 Å². The van der Waals surface area contributed by atoms with E-state index in [1.54, 1.807) is 11.8 Å². The number of thioether (sulfide) groups is 1. The van der Waals surface area contributed by atoms with Crippen LogP contribution in [0.25, 0.3) is 5.69 Å². The minimum atomic E-state index is -0.225. The molecule has 0 radical (unpaired) electrons. The van der Waals surface area contributed by atoms with Gasteiger partial charge in [0.2, 0.25) is 5.91 Å². The fraction of sp³-hybridized carbons (Fsp3) is 0.375. The van der Waals surface area contributed by atoms with E-state index in [-0.39, 0.29) is 11.9 Å². The van der Waals surface area contributed by atoms with E-state index in [2.05, 4.69) is 89.4 Å². The number of hydrogen-bond donors (Lipinski definition) is 1. The molecule has 2 aromatic carbocycles. The number of aryl methyl sites for hydroxylation is 2. The normalized spacial score (nSPS) is 12.0. The maximum Gasteiger partial charge on any atom is 0.220 e. The number of carbonyl (C=O) groups is 1. The van der Waals surface area contributed by atoms with Gasteiger partial charge in [0.15, 0.2) is 11.0 Å². The summed E-state index contributed by atoms with van der Waals surface area (Å²) in [7, 11) is 0. The Hall–Kier alpha value is -2.60. The summed E-state index contributed by atoms with van der Waals surface area (Å²) in [4.78, 5) is 12.3. The lowest BCUT2D eigenvalue weighted by molar-refractivity contribution is -0.121. The van der Waals surface area contributed by atoms with Crippen molar-refractivity contribution in [1.82, 2.24) is 20.1 Å². The Bertz CT molecular complexity index is 981. The molecule has 0 aliphatic heterocycles. The number of unbranched alkanes of at least 4 members (excludes halogenated alkanes) is 1. The zero-order chi connectivity index (χ0) is 21.5. The highest BCUT2D eigenvalue weighted by Gasteiger charge is 2.21. The van der Waals surface area contributed by atoms with Crippen LogP contribution in [0.3, 0.4) is 0 Å². The zero-order valence-corrected chi connectivity index (χ0v) is 19.0. The number of hydrogen-bond acceptors (Lipinski definition) is 4. The van der Waals surface area contributed by atoms with E-state index in [9.17, 15) is 4.79 Å². The predicted molar refractivity (Wildman–Crippen MR) is 123 cm³/mol. The first-order valence-corrected chi connectivity index (χ1v) is 11.5. The van der Waals surface area contributed by atoms with Crippen LogP contribution in [0.4, 0.5) is 0 Å². The molecule has 158 valence electrons. The molecule has 30 heavy (non-hydrogen) atoms. The van der Waals surface area contributed by atoms with Crippen molar-refractivity contribution in [3.8, 4) is 5.69 Å². The number of carbonyl (C=O) groups excluding carboxylic acids is 1. The molecule has 0 spiro atoms. The van der Waals surface area contributed by atoms with Crippen LogP contribution in [0.2, 0.25) is 0 Å². The lowest BCUT2D eigenvalue weighted by Crippen LogP contribution is -2.28. The standard InChI is InChI=1S/C24H30N4OS/c1-5-6-10-22(29)25-19(4)23-26-27-24(28(23)21-13-11-17(2)12-14-21)30-16-20-9-7-8-18(3)15-20/h7-9,11-15,19H,5-6,10,16H2,1-4H3,(H,25,29)/t19-/m1/s1. The molecular formula is C24H30N4OS. The zero-order valence-electron chi connectivity index (χ0n) is 18.2. The maximum absolute atomic E-state index is 12.3. The Morgan fingerprint density at radius 2 is 1.87 bits per heavy atom. The lowest BCUT2D eigenvalue weighted by Gasteiger charge is -2.16. The molecule has 0 bridgehead atoms. The van der Waals surface area contributed by atoms with Crippen molar-refractivity contribution in [3.05, 3.63) is 71.0 Å². The van der Waals surface area contributed by atoms with E-state index < -0.39 is 0 Å². The molecular weight excluding hydrogens is 392 g/mol. The quantitative estimate of drug-likeness (QED) is 0.460. The van der Waals surface area contributed by atoms with Crippen LogP contribution in [0.1, 0.15) is 61.7 Å². The van der Waals surface area contributed by atoms with Crippen LogP contribution in [0, 0.1) is 13.8 Å². The highest BCUT2D eigenvalue weighted by molar-refractivity contribution is 7.98. The van der Waals surface area contributed by atoms with Gasteiger partial charge in [-0.1, -0.05) is 72.6 Å². The second kappa shape index (κ2) is 10.4. The van der Waals surface area contributed by atoms with E-state index in [1.807, 2.05) is 6.92 Å². The van der Waals surface area contributed by atoms with Crippen LogP contribution in [0.5, 0.6) is 0 Å². The van der Waals surface area contributed by atoms with Gasteiger partial charge in [-0.15, -0.1) is 10.2 Å². The third-order valence-electron chi connectivity index (χ3n) is 4.92. The molecule has 1 heterocycles. The Morgan fingerprint density at radius 1 is 1.10 bits per heavy atom. The molecule has 0 aliphatic carbocycles. The summed E-state index contributed by atoms with van der Waals surface area (Å²) in [6.45, 7) is 8.22. The number of benzene rings is 2. The third kappa shape index (κ3) is 5.72. The first-order valence-electron chi connectivity index (χ1n) is 10.5. The Balaban J connectivity index is 1.87. The molecule has 1 amide bonds. The highest BCUT2D eigenvalue weighted by atomic mass is 32.2. The number of amides is 1. The van der Waals surface area contributed by atoms with Crippen LogP contribution < -0.4 is 5.32 Å². The molecule has 0 unspecified atom stereocenters. The van der Waals surface area contributed by atoms with E-state index in [0.717, 1.165) is 35.3 Å². The summed E-state index contributed by atoms with van der Waals surface area (Å²) in [6.07, 6.45) is 2.43. The molecule has 1 aromatic heterocycles. The van der Waals surface area contributed by atoms with Gasteiger partial charge >= 0.3 is 0 Å². The summed E-state index contributed by atoms with van der Waals surface area (Å²) in [5.74, 6) is 1.61. The van der Waals surface area contributed by atoms with Gasteiger partial charge in [-0.25, -0.2) is 0 Å². The SMILES string of the molecule is CCCCC(=O)N[C@H](C)c1nnc(SCc2cccc(C)c2)n1-c1ccc(C)cc1. The number of nitrogens with one attached hydrogen (secondary N) is 1. The number of rotatable bonds is 9. The van der Waals surface area contributed by atoms with Crippen LogP contribution in [-0.2, 0) is 10.5 Å². The van der Waals surface area contributed by atoms with Crippen molar-refractivity contribution < 1.29 is 4.79 Å². The topological polar surface area (TPSA) is 59.8 Å². The van der Waals surface area contributed by atoms with Gasteiger partial charge in [0.05, 0.1) is 6.04 Å². The molecule has 1 N–H and O–H groups in total. The van der Waals surface area contributed by atoms with Gasteiger partial charge in [0, 0.05) is 17.9 Å². The lowest BCUT2D eigenvalue weighted by atomic mass is 10.2. The van der Waals surface area contributed by atoms with Crippen molar-refractivity contribution >= 4 is 17.7 Å². The Morgan fingerprint density at radius 3 is 2.57 bits per heavy atom. The molecule has 0 fully saturated rings. The monoisotopic (exact) mass is 422 g/mol. The second-order valence-electron chi connectivity index (χ2n) is 7.68. The molecule has 6 heteroatoms. The van der Waals surface area contributed by atoms with Gasteiger partial charge in [0.1, 0.15) is 0 Å². The van der Waals surface area contributed by atoms with Crippen molar-refractivity contribution in [2.75, 3.05) is 0 Å². The first-order chi connectivity index (χ1) is 14.5. The van der Waals surface area contributed by atoms with Crippen LogP contribution in [0.15, 0.2) is 53.7 Å².